The van der Waals surface area contributed by atoms with Gasteiger partial charge in [0, 0.05) is 36.2 Å². The molecule has 2 fully saturated rings. The van der Waals surface area contributed by atoms with Crippen LogP contribution in [0.5, 0.6) is 0 Å². The summed E-state index contributed by atoms with van der Waals surface area (Å²) in [5.74, 6) is 1.07. The number of hydrogen-bond acceptors (Lipinski definition) is 6. The topological polar surface area (TPSA) is 76.8 Å². The van der Waals surface area contributed by atoms with Crippen molar-refractivity contribution in [2.75, 3.05) is 13.1 Å². The highest BCUT2D eigenvalue weighted by Crippen LogP contribution is 2.30. The Bertz CT molecular complexity index is 1050. The fraction of sp³-hybridized carbons (Fsp3) is 0.522. The number of ketones is 1. The van der Waals surface area contributed by atoms with E-state index in [1.54, 1.807) is 4.68 Å². The van der Waals surface area contributed by atoms with Gasteiger partial charge in [-0.15, -0.1) is 5.10 Å². The Morgan fingerprint density at radius 2 is 1.93 bits per heavy atom. The van der Waals surface area contributed by atoms with Crippen molar-refractivity contribution in [1.29, 1.82) is 0 Å². The molecule has 7 nitrogen and oxygen atoms in total. The molecule has 3 aromatic rings. The summed E-state index contributed by atoms with van der Waals surface area (Å²) >= 11 is 0. The second kappa shape index (κ2) is 8.22. The zero-order chi connectivity index (χ0) is 20.5. The van der Waals surface area contributed by atoms with Crippen LogP contribution in [0.2, 0.25) is 0 Å². The van der Waals surface area contributed by atoms with Crippen molar-refractivity contribution < 1.29 is 4.79 Å². The minimum atomic E-state index is 0.161. The molecule has 3 heterocycles. The van der Waals surface area contributed by atoms with Crippen LogP contribution in [0.25, 0.3) is 22.2 Å². The largest absolute Gasteiger partial charge is 0.300 e. The molecule has 1 saturated carbocycles. The monoisotopic (exact) mass is 404 g/mol. The van der Waals surface area contributed by atoms with Crippen molar-refractivity contribution in [1.82, 2.24) is 29.9 Å². The van der Waals surface area contributed by atoms with E-state index in [9.17, 15) is 4.79 Å². The van der Waals surface area contributed by atoms with E-state index >= 15 is 0 Å². The molecule has 2 aromatic heterocycles. The lowest BCUT2D eigenvalue weighted by molar-refractivity contribution is -0.123. The first kappa shape index (κ1) is 19.3. The van der Waals surface area contributed by atoms with Gasteiger partial charge in [0.25, 0.3) is 0 Å². The zero-order valence-electron chi connectivity index (χ0n) is 17.5. The third-order valence-electron chi connectivity index (χ3n) is 6.67. The Hall–Kier alpha value is -2.67. The fourth-order valence-corrected chi connectivity index (χ4v) is 4.96. The SMILES string of the molecule is Cn1cc(-c2ccc3cnc(CC(=O)C4CCC(N5CCCC5)CC4)nc3c2)nn1. The van der Waals surface area contributed by atoms with Gasteiger partial charge in [0.05, 0.1) is 18.1 Å². The maximum atomic E-state index is 12.9. The highest BCUT2D eigenvalue weighted by atomic mass is 16.1. The van der Waals surface area contributed by atoms with Crippen LogP contribution >= 0.6 is 0 Å². The Balaban J connectivity index is 1.26. The minimum Gasteiger partial charge on any atom is -0.300 e. The number of carbonyl (C=O) groups excluding carboxylic acids is 1. The summed E-state index contributed by atoms with van der Waals surface area (Å²) in [5.41, 5.74) is 2.62. The summed E-state index contributed by atoms with van der Waals surface area (Å²) in [7, 11) is 1.85. The highest BCUT2D eigenvalue weighted by Gasteiger charge is 2.30. The van der Waals surface area contributed by atoms with E-state index in [1.165, 1.54) is 25.9 Å². The highest BCUT2D eigenvalue weighted by molar-refractivity contribution is 5.85. The van der Waals surface area contributed by atoms with Gasteiger partial charge in [0.1, 0.15) is 17.3 Å². The Morgan fingerprint density at radius 3 is 2.67 bits per heavy atom. The summed E-state index contributed by atoms with van der Waals surface area (Å²) in [5, 5.41) is 9.13. The van der Waals surface area contributed by atoms with Crippen LogP contribution in [-0.2, 0) is 18.3 Å². The predicted molar refractivity (Wildman–Crippen MR) is 115 cm³/mol. The van der Waals surface area contributed by atoms with E-state index < -0.39 is 0 Å². The smallest absolute Gasteiger partial charge is 0.143 e. The first-order valence-corrected chi connectivity index (χ1v) is 11.0. The molecule has 1 saturated heterocycles. The fourth-order valence-electron chi connectivity index (χ4n) is 4.96. The molecule has 1 aliphatic carbocycles. The van der Waals surface area contributed by atoms with Crippen LogP contribution in [0.4, 0.5) is 0 Å². The summed E-state index contributed by atoms with van der Waals surface area (Å²) in [4.78, 5) is 24.7. The molecule has 0 radical (unpaired) electrons. The maximum absolute atomic E-state index is 12.9. The lowest BCUT2D eigenvalue weighted by Gasteiger charge is -2.33. The van der Waals surface area contributed by atoms with E-state index in [-0.39, 0.29) is 5.92 Å². The Morgan fingerprint density at radius 1 is 1.13 bits per heavy atom. The van der Waals surface area contributed by atoms with Gasteiger partial charge in [0.15, 0.2) is 0 Å². The molecule has 5 rings (SSSR count). The van der Waals surface area contributed by atoms with E-state index in [2.05, 4.69) is 25.2 Å². The van der Waals surface area contributed by atoms with Gasteiger partial charge in [-0.1, -0.05) is 17.3 Å². The van der Waals surface area contributed by atoms with Gasteiger partial charge in [-0.2, -0.15) is 0 Å². The van der Waals surface area contributed by atoms with Gasteiger partial charge in [-0.3, -0.25) is 9.48 Å². The summed E-state index contributed by atoms with van der Waals surface area (Å²) in [6, 6.07) is 6.67. The molecular weight excluding hydrogens is 376 g/mol. The number of likely N-dealkylation sites (tertiary alicyclic amines) is 1. The van der Waals surface area contributed by atoms with Crippen LogP contribution in [0, 0.1) is 5.92 Å². The predicted octanol–water partition coefficient (Wildman–Crippen LogP) is 3.19. The summed E-state index contributed by atoms with van der Waals surface area (Å²) in [6.07, 6.45) is 11.0. The summed E-state index contributed by atoms with van der Waals surface area (Å²) < 4.78 is 1.68. The van der Waals surface area contributed by atoms with Gasteiger partial charge in [-0.05, 0) is 57.7 Å². The quantitative estimate of drug-likeness (QED) is 0.650. The second-order valence-corrected chi connectivity index (χ2v) is 8.73. The number of carbonyl (C=O) groups is 1. The number of nitrogens with zero attached hydrogens (tertiary/aromatic N) is 6. The van der Waals surface area contributed by atoms with Gasteiger partial charge < -0.3 is 4.90 Å². The lowest BCUT2D eigenvalue weighted by Crippen LogP contribution is -2.37. The average molecular weight is 405 g/mol. The zero-order valence-corrected chi connectivity index (χ0v) is 17.5. The lowest BCUT2D eigenvalue weighted by atomic mass is 9.82. The molecule has 0 amide bonds. The first-order chi connectivity index (χ1) is 14.7. The van der Waals surface area contributed by atoms with Crippen molar-refractivity contribution in [2.24, 2.45) is 13.0 Å². The molecule has 7 heteroatoms. The number of aryl methyl sites for hydroxylation is 1. The normalized spacial score (nSPS) is 22.6. The number of hydrogen-bond donors (Lipinski definition) is 0. The van der Waals surface area contributed by atoms with E-state index in [0.29, 0.717) is 24.1 Å². The van der Waals surface area contributed by atoms with Crippen LogP contribution in [0.15, 0.2) is 30.6 Å². The van der Waals surface area contributed by atoms with Crippen molar-refractivity contribution in [3.8, 4) is 11.3 Å². The Labute approximate surface area is 176 Å². The molecular formula is C23H28N6O. The summed E-state index contributed by atoms with van der Waals surface area (Å²) in [6.45, 7) is 2.48. The molecule has 0 bridgehead atoms. The molecule has 2 aliphatic rings. The van der Waals surface area contributed by atoms with E-state index in [1.807, 2.05) is 37.6 Å². The van der Waals surface area contributed by atoms with E-state index in [4.69, 9.17) is 0 Å². The van der Waals surface area contributed by atoms with Crippen molar-refractivity contribution in [3.05, 3.63) is 36.4 Å². The maximum Gasteiger partial charge on any atom is 0.143 e. The number of fused-ring (bicyclic) bond motifs is 1. The molecule has 0 unspecified atom stereocenters. The molecule has 0 N–H and O–H groups in total. The number of benzene rings is 1. The van der Waals surface area contributed by atoms with Crippen LogP contribution in [0.3, 0.4) is 0 Å². The third-order valence-corrected chi connectivity index (χ3v) is 6.67. The van der Waals surface area contributed by atoms with E-state index in [0.717, 1.165) is 47.8 Å². The van der Waals surface area contributed by atoms with Crippen molar-refractivity contribution in [3.63, 3.8) is 0 Å². The molecule has 156 valence electrons. The number of aromatic nitrogens is 5. The number of Topliss-reactive ketones (excluding diaryl/α,β-unsaturated/α-hetero) is 1. The standard InChI is InChI=1S/C23H28N6O/c1-28-15-21(26-27-28)17-4-5-18-14-24-23(25-20(18)12-17)13-22(30)16-6-8-19(9-7-16)29-10-2-3-11-29/h4-5,12,14-16,19H,2-3,6-11,13H2,1H3. The molecule has 30 heavy (non-hydrogen) atoms. The van der Waals surface area contributed by atoms with Crippen LogP contribution in [0.1, 0.15) is 44.3 Å². The van der Waals surface area contributed by atoms with Crippen LogP contribution in [-0.4, -0.2) is 54.8 Å². The third kappa shape index (κ3) is 3.99. The van der Waals surface area contributed by atoms with Gasteiger partial charge >= 0.3 is 0 Å². The molecule has 0 spiro atoms. The molecule has 0 atom stereocenters. The molecule has 1 aliphatic heterocycles. The van der Waals surface area contributed by atoms with Crippen molar-refractivity contribution >= 4 is 16.7 Å². The van der Waals surface area contributed by atoms with Gasteiger partial charge in [-0.25, -0.2) is 9.97 Å². The Kier molecular flexibility index (Phi) is 5.29. The van der Waals surface area contributed by atoms with Crippen molar-refractivity contribution in [2.45, 2.75) is 51.0 Å². The molecule has 1 aromatic carbocycles. The average Bonchev–Trinajstić information content (AvgIpc) is 3.45. The minimum absolute atomic E-state index is 0.161. The first-order valence-electron chi connectivity index (χ1n) is 11.0. The number of rotatable bonds is 5. The second-order valence-electron chi connectivity index (χ2n) is 8.73. The van der Waals surface area contributed by atoms with Crippen LogP contribution < -0.4 is 0 Å². The van der Waals surface area contributed by atoms with Gasteiger partial charge in [0.2, 0.25) is 0 Å².